The van der Waals surface area contributed by atoms with Gasteiger partial charge in [0.25, 0.3) is 0 Å². The number of piperidine rings is 1. The molecular weight excluding hydrogens is 222 g/mol. The van der Waals surface area contributed by atoms with Crippen molar-refractivity contribution in [1.82, 2.24) is 4.90 Å². The smallest absolute Gasteiger partial charge is 0.137 e. The standard InChI is InChI=1S/C16H21NO/c1-11-12(2)15(13-6-8-17(3)9-7-13)16-14(11)5-4-10-18-16/h4-5,10,13H,6-9H2,1-3H3. The van der Waals surface area contributed by atoms with Crippen LogP contribution in [0.25, 0.3) is 11.3 Å². The van der Waals surface area contributed by atoms with Crippen molar-refractivity contribution < 1.29 is 4.42 Å². The van der Waals surface area contributed by atoms with Crippen LogP contribution in [0.15, 0.2) is 22.8 Å². The van der Waals surface area contributed by atoms with Crippen molar-refractivity contribution in [3.8, 4) is 11.3 Å². The molecule has 1 fully saturated rings. The maximum Gasteiger partial charge on any atom is 0.137 e. The first-order valence-electron chi connectivity index (χ1n) is 6.83. The van der Waals surface area contributed by atoms with E-state index in [1.54, 1.807) is 6.26 Å². The van der Waals surface area contributed by atoms with E-state index < -0.39 is 0 Å². The maximum absolute atomic E-state index is 5.81. The summed E-state index contributed by atoms with van der Waals surface area (Å²) in [7, 11) is 2.21. The van der Waals surface area contributed by atoms with Crippen molar-refractivity contribution in [2.24, 2.45) is 0 Å². The summed E-state index contributed by atoms with van der Waals surface area (Å²) in [4.78, 5) is 2.42. The molecule has 3 rings (SSSR count). The fourth-order valence-corrected chi connectivity index (χ4v) is 3.25. The minimum atomic E-state index is 0.670. The minimum absolute atomic E-state index is 0.670. The number of rotatable bonds is 1. The average Bonchev–Trinajstić information content (AvgIpc) is 2.64. The van der Waals surface area contributed by atoms with Gasteiger partial charge in [-0.25, -0.2) is 0 Å². The van der Waals surface area contributed by atoms with E-state index in [4.69, 9.17) is 4.42 Å². The Morgan fingerprint density at radius 1 is 1.17 bits per heavy atom. The Morgan fingerprint density at radius 2 is 1.89 bits per heavy atom. The molecule has 2 heteroatoms. The highest BCUT2D eigenvalue weighted by molar-refractivity contribution is 5.73. The highest BCUT2D eigenvalue weighted by Crippen LogP contribution is 2.43. The maximum atomic E-state index is 5.81. The Balaban J connectivity index is 2.04. The van der Waals surface area contributed by atoms with Crippen molar-refractivity contribution in [2.75, 3.05) is 20.1 Å². The molecule has 0 amide bonds. The molecule has 0 unspecified atom stereocenters. The highest BCUT2D eigenvalue weighted by Gasteiger charge is 2.28. The second-order valence-electron chi connectivity index (χ2n) is 5.60. The number of hydrogen-bond donors (Lipinski definition) is 0. The monoisotopic (exact) mass is 243 g/mol. The van der Waals surface area contributed by atoms with Crippen LogP contribution in [0.1, 0.15) is 35.4 Å². The Labute approximate surface area is 109 Å². The minimum Gasteiger partial charge on any atom is -0.464 e. The van der Waals surface area contributed by atoms with Crippen LogP contribution >= 0.6 is 0 Å². The lowest BCUT2D eigenvalue weighted by Gasteiger charge is -2.29. The largest absolute Gasteiger partial charge is 0.464 e. The first kappa shape index (κ1) is 11.8. The molecule has 18 heavy (non-hydrogen) atoms. The van der Waals surface area contributed by atoms with Crippen LogP contribution in [-0.2, 0) is 0 Å². The number of nitrogens with zero attached hydrogens (tertiary/aromatic N) is 1. The van der Waals surface area contributed by atoms with Crippen LogP contribution in [0.3, 0.4) is 0 Å². The fourth-order valence-electron chi connectivity index (χ4n) is 3.25. The summed E-state index contributed by atoms with van der Waals surface area (Å²) >= 11 is 0. The Hall–Kier alpha value is -1.28. The second kappa shape index (κ2) is 4.43. The van der Waals surface area contributed by atoms with Gasteiger partial charge in [0.2, 0.25) is 0 Å². The molecule has 2 heterocycles. The first-order valence-corrected chi connectivity index (χ1v) is 6.83. The molecule has 1 saturated heterocycles. The molecule has 0 aromatic carbocycles. The van der Waals surface area contributed by atoms with Crippen LogP contribution < -0.4 is 0 Å². The van der Waals surface area contributed by atoms with Crippen molar-refractivity contribution >= 4 is 0 Å². The van der Waals surface area contributed by atoms with E-state index in [-0.39, 0.29) is 0 Å². The molecule has 0 aromatic rings. The van der Waals surface area contributed by atoms with E-state index in [1.807, 2.05) is 6.07 Å². The lowest BCUT2D eigenvalue weighted by molar-refractivity contribution is 0.254. The van der Waals surface area contributed by atoms with Crippen molar-refractivity contribution in [2.45, 2.75) is 32.6 Å². The van der Waals surface area contributed by atoms with E-state index in [9.17, 15) is 0 Å². The molecule has 0 atom stereocenters. The lowest BCUT2D eigenvalue weighted by atomic mass is 9.88. The van der Waals surface area contributed by atoms with Gasteiger partial charge in [0.05, 0.1) is 6.26 Å². The molecule has 1 aliphatic carbocycles. The van der Waals surface area contributed by atoms with Crippen molar-refractivity contribution in [3.63, 3.8) is 0 Å². The van der Waals surface area contributed by atoms with Crippen LogP contribution in [0, 0.1) is 13.8 Å². The van der Waals surface area contributed by atoms with E-state index in [0.29, 0.717) is 5.92 Å². The summed E-state index contributed by atoms with van der Waals surface area (Å²) < 4.78 is 5.81. The van der Waals surface area contributed by atoms with E-state index in [0.717, 1.165) is 5.76 Å². The Morgan fingerprint density at radius 3 is 2.61 bits per heavy atom. The third-order valence-electron chi connectivity index (χ3n) is 4.51. The molecule has 2 nitrogen and oxygen atoms in total. The van der Waals surface area contributed by atoms with E-state index in [2.05, 4.69) is 31.9 Å². The van der Waals surface area contributed by atoms with Gasteiger partial charge in [-0.15, -0.1) is 0 Å². The predicted octanol–water partition coefficient (Wildman–Crippen LogP) is 3.81. The first-order chi connectivity index (χ1) is 8.68. The van der Waals surface area contributed by atoms with Gasteiger partial charge >= 0.3 is 0 Å². The van der Waals surface area contributed by atoms with E-state index >= 15 is 0 Å². The van der Waals surface area contributed by atoms with Crippen LogP contribution in [0.5, 0.6) is 0 Å². The summed E-state index contributed by atoms with van der Waals surface area (Å²) in [5.41, 5.74) is 5.60. The topological polar surface area (TPSA) is 16.4 Å². The number of fused-ring (bicyclic) bond motifs is 1. The summed E-state index contributed by atoms with van der Waals surface area (Å²) in [6.45, 7) is 6.86. The average molecular weight is 243 g/mol. The normalized spacial score (nSPS) is 18.6. The molecule has 0 saturated carbocycles. The molecule has 0 spiro atoms. The second-order valence-corrected chi connectivity index (χ2v) is 5.60. The third kappa shape index (κ3) is 1.76. The number of hydrogen-bond acceptors (Lipinski definition) is 2. The third-order valence-corrected chi connectivity index (χ3v) is 4.51. The van der Waals surface area contributed by atoms with Gasteiger partial charge in [-0.3, -0.25) is 0 Å². The fraction of sp³-hybridized carbons (Fsp3) is 0.500. The van der Waals surface area contributed by atoms with Crippen molar-refractivity contribution in [1.29, 1.82) is 0 Å². The van der Waals surface area contributed by atoms with Gasteiger partial charge in [-0.05, 0) is 76.0 Å². The van der Waals surface area contributed by atoms with Crippen LogP contribution in [-0.4, -0.2) is 25.0 Å². The molecule has 2 aliphatic heterocycles. The molecule has 0 N–H and O–H groups in total. The molecule has 0 radical (unpaired) electrons. The van der Waals surface area contributed by atoms with Crippen LogP contribution in [0.2, 0.25) is 0 Å². The SMILES string of the molecule is Cc1c2cccoc-2c(C2CCN(C)CC2)c1C. The quantitative estimate of drug-likeness (QED) is 0.757. The number of likely N-dealkylation sites (tertiary alicyclic amines) is 1. The van der Waals surface area contributed by atoms with Gasteiger partial charge < -0.3 is 9.32 Å². The zero-order chi connectivity index (χ0) is 12.7. The van der Waals surface area contributed by atoms with Gasteiger partial charge in [0.1, 0.15) is 5.76 Å². The zero-order valence-corrected chi connectivity index (χ0v) is 11.5. The molecule has 0 bridgehead atoms. The molecule has 0 aromatic heterocycles. The zero-order valence-electron chi connectivity index (χ0n) is 11.5. The van der Waals surface area contributed by atoms with Crippen LogP contribution in [0.4, 0.5) is 0 Å². The molecule has 96 valence electrons. The van der Waals surface area contributed by atoms with E-state index in [1.165, 1.54) is 48.2 Å². The summed E-state index contributed by atoms with van der Waals surface area (Å²) in [5, 5.41) is 0. The molecule has 3 aliphatic rings. The summed E-state index contributed by atoms with van der Waals surface area (Å²) in [6.07, 6.45) is 4.31. The van der Waals surface area contributed by atoms with Gasteiger partial charge in [-0.1, -0.05) is 0 Å². The highest BCUT2D eigenvalue weighted by atomic mass is 16.3. The van der Waals surface area contributed by atoms with Gasteiger partial charge in [0, 0.05) is 11.1 Å². The van der Waals surface area contributed by atoms with Gasteiger partial charge in [-0.2, -0.15) is 0 Å². The predicted molar refractivity (Wildman–Crippen MR) is 74.3 cm³/mol. The van der Waals surface area contributed by atoms with Crippen molar-refractivity contribution in [3.05, 3.63) is 35.1 Å². The Bertz CT molecular complexity index is 520. The molecular formula is C16H21NO. The van der Waals surface area contributed by atoms with Gasteiger partial charge in [0.15, 0.2) is 0 Å². The Kier molecular flexibility index (Phi) is 2.90. The summed E-state index contributed by atoms with van der Waals surface area (Å²) in [6, 6.07) is 4.17. The summed E-state index contributed by atoms with van der Waals surface area (Å²) in [5.74, 6) is 1.80. The lowest BCUT2D eigenvalue weighted by Crippen LogP contribution is -2.29.